The second-order valence-corrected chi connectivity index (χ2v) is 7.54. The van der Waals surface area contributed by atoms with Gasteiger partial charge in [0.05, 0.1) is 4.90 Å². The largest absolute Gasteiger partial charge is 0.480 e. The van der Waals surface area contributed by atoms with Crippen LogP contribution in [0.25, 0.3) is 0 Å². The predicted molar refractivity (Wildman–Crippen MR) is 82.0 cm³/mol. The Balaban J connectivity index is 3.03. The number of sulfonamides is 1. The number of primary amides is 1. The van der Waals surface area contributed by atoms with Crippen molar-refractivity contribution >= 4 is 53.8 Å². The molecule has 0 aromatic heterocycles. The van der Waals surface area contributed by atoms with E-state index in [0.29, 0.717) is 4.47 Å². The lowest BCUT2D eigenvalue weighted by atomic mass is 10.2. The fraction of sp³-hybridized carbons (Fsp3) is 0.273. The molecule has 1 aromatic carbocycles. The van der Waals surface area contributed by atoms with E-state index in [1.54, 1.807) is 6.07 Å². The van der Waals surface area contributed by atoms with E-state index in [1.165, 1.54) is 12.1 Å². The highest BCUT2D eigenvalue weighted by Crippen LogP contribution is 2.25. The Morgan fingerprint density at radius 1 is 1.33 bits per heavy atom. The average Bonchev–Trinajstić information content (AvgIpc) is 2.36. The molecule has 0 spiro atoms. The number of hydrogen-bond donors (Lipinski definition) is 3. The number of hydrogen-bond acceptors (Lipinski definition) is 4. The minimum atomic E-state index is -4.07. The van der Waals surface area contributed by atoms with E-state index in [4.69, 9.17) is 10.8 Å². The van der Waals surface area contributed by atoms with Crippen LogP contribution in [-0.2, 0) is 19.6 Å². The molecule has 1 amide bonds. The zero-order valence-corrected chi connectivity index (χ0v) is 14.5. The Hall–Kier alpha value is -0.970. The predicted octanol–water partition coefficient (Wildman–Crippen LogP) is 1.21. The van der Waals surface area contributed by atoms with Crippen LogP contribution in [0.1, 0.15) is 12.8 Å². The number of carbonyl (C=O) groups is 2. The summed E-state index contributed by atoms with van der Waals surface area (Å²) in [5.41, 5.74) is 4.94. The average molecular weight is 444 g/mol. The molecule has 0 heterocycles. The van der Waals surface area contributed by atoms with Crippen LogP contribution in [0, 0.1) is 0 Å². The standard InChI is InChI=1S/C11H12Br2N2O5S/c12-6-1-2-7(13)9(5-6)21(19,20)15-8(11(17)18)3-4-10(14)16/h1-2,5,8,15H,3-4H2,(H2,14,16)(H,17,18). The molecule has 116 valence electrons. The van der Waals surface area contributed by atoms with Gasteiger partial charge in [-0.15, -0.1) is 0 Å². The maximum atomic E-state index is 12.2. The fourth-order valence-electron chi connectivity index (χ4n) is 1.45. The molecule has 0 aliphatic heterocycles. The Morgan fingerprint density at radius 2 is 1.95 bits per heavy atom. The summed E-state index contributed by atoms with van der Waals surface area (Å²) in [5.74, 6) is -2.09. The van der Waals surface area contributed by atoms with Crippen molar-refractivity contribution in [2.75, 3.05) is 0 Å². The van der Waals surface area contributed by atoms with Gasteiger partial charge in [-0.25, -0.2) is 8.42 Å². The Bertz CT molecular complexity index is 663. The molecule has 0 aliphatic rings. The molecule has 0 saturated carbocycles. The van der Waals surface area contributed by atoms with Crippen LogP contribution >= 0.6 is 31.9 Å². The highest BCUT2D eigenvalue weighted by Gasteiger charge is 2.27. The molecule has 4 N–H and O–H groups in total. The lowest BCUT2D eigenvalue weighted by Crippen LogP contribution is -2.41. The van der Waals surface area contributed by atoms with Gasteiger partial charge in [-0.2, -0.15) is 4.72 Å². The number of nitrogens with one attached hydrogen (secondary N) is 1. The molecule has 21 heavy (non-hydrogen) atoms. The van der Waals surface area contributed by atoms with Crippen molar-refractivity contribution in [1.29, 1.82) is 0 Å². The van der Waals surface area contributed by atoms with E-state index in [1.807, 2.05) is 4.72 Å². The molecule has 1 rings (SSSR count). The second-order valence-electron chi connectivity index (χ2n) is 4.09. The molecular weight excluding hydrogens is 432 g/mol. The van der Waals surface area contributed by atoms with E-state index < -0.39 is 27.9 Å². The maximum Gasteiger partial charge on any atom is 0.321 e. The normalized spacial score (nSPS) is 12.9. The summed E-state index contributed by atoms with van der Waals surface area (Å²) in [6, 6.07) is 3.04. The molecule has 10 heteroatoms. The number of halogens is 2. The molecular formula is C11H12Br2N2O5S. The number of aliphatic carboxylic acids is 1. The summed E-state index contributed by atoms with van der Waals surface area (Å²) < 4.78 is 27.3. The third-order valence-electron chi connectivity index (χ3n) is 2.46. The molecule has 0 aliphatic carbocycles. The maximum absolute atomic E-state index is 12.2. The van der Waals surface area contributed by atoms with Crippen LogP contribution in [-0.4, -0.2) is 31.4 Å². The minimum Gasteiger partial charge on any atom is -0.480 e. The van der Waals surface area contributed by atoms with Crippen LogP contribution in [0.2, 0.25) is 0 Å². The zero-order chi connectivity index (χ0) is 16.2. The van der Waals surface area contributed by atoms with Crippen LogP contribution in [0.5, 0.6) is 0 Å². The summed E-state index contributed by atoms with van der Waals surface area (Å²) in [5, 5.41) is 9.02. The Morgan fingerprint density at radius 3 is 2.48 bits per heavy atom. The Kier molecular flexibility index (Phi) is 6.32. The van der Waals surface area contributed by atoms with Gasteiger partial charge in [-0.3, -0.25) is 9.59 Å². The molecule has 1 aromatic rings. The number of carboxylic acids is 1. The van der Waals surface area contributed by atoms with E-state index in [9.17, 15) is 18.0 Å². The van der Waals surface area contributed by atoms with Gasteiger partial charge < -0.3 is 10.8 Å². The third kappa shape index (κ3) is 5.38. The number of nitrogens with two attached hydrogens (primary N) is 1. The quantitative estimate of drug-likeness (QED) is 0.583. The van der Waals surface area contributed by atoms with Crippen LogP contribution in [0.4, 0.5) is 0 Å². The Labute approximate surface area is 138 Å². The lowest BCUT2D eigenvalue weighted by molar-refractivity contribution is -0.139. The van der Waals surface area contributed by atoms with Crippen molar-refractivity contribution in [1.82, 2.24) is 4.72 Å². The van der Waals surface area contributed by atoms with Crippen molar-refractivity contribution in [3.8, 4) is 0 Å². The number of rotatable bonds is 7. The van der Waals surface area contributed by atoms with Gasteiger partial charge in [0.1, 0.15) is 6.04 Å². The van der Waals surface area contributed by atoms with Gasteiger partial charge >= 0.3 is 5.97 Å². The minimum absolute atomic E-state index is 0.109. The number of amides is 1. The van der Waals surface area contributed by atoms with E-state index in [2.05, 4.69) is 31.9 Å². The second kappa shape index (κ2) is 7.34. The molecule has 0 saturated heterocycles. The molecule has 0 fully saturated rings. The topological polar surface area (TPSA) is 127 Å². The van der Waals surface area contributed by atoms with Gasteiger partial charge in [-0.1, -0.05) is 15.9 Å². The van der Waals surface area contributed by atoms with Crippen molar-refractivity contribution in [3.05, 3.63) is 27.1 Å². The van der Waals surface area contributed by atoms with E-state index in [-0.39, 0.29) is 22.2 Å². The van der Waals surface area contributed by atoms with Gasteiger partial charge in [0.15, 0.2) is 0 Å². The van der Waals surface area contributed by atoms with Gasteiger partial charge in [-0.05, 0) is 40.5 Å². The molecule has 1 atom stereocenters. The van der Waals surface area contributed by atoms with Crippen LogP contribution in [0.15, 0.2) is 32.0 Å². The number of carboxylic acid groups (broad SMARTS) is 1. The first kappa shape index (κ1) is 18.1. The van der Waals surface area contributed by atoms with Gasteiger partial charge in [0.25, 0.3) is 0 Å². The van der Waals surface area contributed by atoms with Gasteiger partial charge in [0.2, 0.25) is 15.9 Å². The number of benzene rings is 1. The van der Waals surface area contributed by atoms with Crippen LogP contribution in [0.3, 0.4) is 0 Å². The molecule has 0 radical (unpaired) electrons. The van der Waals surface area contributed by atoms with Gasteiger partial charge in [0, 0.05) is 15.4 Å². The lowest BCUT2D eigenvalue weighted by Gasteiger charge is -2.15. The van der Waals surface area contributed by atoms with Crippen molar-refractivity contribution in [2.45, 2.75) is 23.8 Å². The SMILES string of the molecule is NC(=O)CCC(NS(=O)(=O)c1cc(Br)ccc1Br)C(=O)O. The first-order valence-corrected chi connectivity index (χ1v) is 8.69. The smallest absolute Gasteiger partial charge is 0.321 e. The fourth-order valence-corrected chi connectivity index (χ4v) is 4.18. The van der Waals surface area contributed by atoms with E-state index in [0.717, 1.165) is 0 Å². The summed E-state index contributed by atoms with van der Waals surface area (Å²) in [6.07, 6.45) is -0.464. The van der Waals surface area contributed by atoms with E-state index >= 15 is 0 Å². The van der Waals surface area contributed by atoms with Crippen molar-refractivity contribution < 1.29 is 23.1 Å². The first-order chi connectivity index (χ1) is 9.63. The molecule has 1 unspecified atom stereocenters. The number of carbonyl (C=O) groups excluding carboxylic acids is 1. The monoisotopic (exact) mass is 442 g/mol. The highest BCUT2D eigenvalue weighted by molar-refractivity contribution is 9.11. The summed E-state index contributed by atoms with van der Waals surface area (Å²) in [4.78, 5) is 21.7. The van der Waals surface area contributed by atoms with Crippen molar-refractivity contribution in [3.63, 3.8) is 0 Å². The third-order valence-corrected chi connectivity index (χ3v) is 5.42. The first-order valence-electron chi connectivity index (χ1n) is 5.62. The summed E-state index contributed by atoms with van der Waals surface area (Å²) in [7, 11) is -4.07. The summed E-state index contributed by atoms with van der Waals surface area (Å²) >= 11 is 6.24. The zero-order valence-electron chi connectivity index (χ0n) is 10.5. The summed E-state index contributed by atoms with van der Waals surface area (Å²) in [6.45, 7) is 0. The van der Waals surface area contributed by atoms with Crippen LogP contribution < -0.4 is 10.5 Å². The highest BCUT2D eigenvalue weighted by atomic mass is 79.9. The molecule has 7 nitrogen and oxygen atoms in total. The van der Waals surface area contributed by atoms with Crippen molar-refractivity contribution in [2.24, 2.45) is 5.73 Å². The molecule has 0 bridgehead atoms.